The van der Waals surface area contributed by atoms with Crippen LogP contribution in [0.4, 0.5) is 11.4 Å². The smallest absolute Gasteiger partial charge is 0.422 e. The molecule has 9 atom stereocenters. The number of nitrogens with zero attached hydrogens (tertiary/aromatic N) is 3. The van der Waals surface area contributed by atoms with Crippen molar-refractivity contribution >= 4 is 79.9 Å². The minimum absolute atomic E-state index is 0.0803. The molecule has 5 heterocycles. The summed E-state index contributed by atoms with van der Waals surface area (Å²) < 4.78 is 40.9. The summed E-state index contributed by atoms with van der Waals surface area (Å²) >= 11 is 0. The number of esters is 3. The number of aromatic nitrogens is 1. The van der Waals surface area contributed by atoms with Gasteiger partial charge >= 0.3 is 29.7 Å². The summed E-state index contributed by atoms with van der Waals surface area (Å²) in [4.78, 5) is 104. The number of aliphatic hydroxyl groups excluding tert-OH is 3. The Balaban J connectivity index is 1.32. The number of anilines is 2. The highest BCUT2D eigenvalue weighted by atomic mass is 16.7. The van der Waals surface area contributed by atoms with E-state index in [0.29, 0.717) is 37.8 Å². The number of aliphatic hydroxyl groups is 3. The van der Waals surface area contributed by atoms with Crippen LogP contribution >= 0.6 is 0 Å². The second-order valence-electron chi connectivity index (χ2n) is 22.0. The zero-order valence-electron chi connectivity index (χ0n) is 48.0. The maximum absolute atomic E-state index is 15.3. The highest BCUT2D eigenvalue weighted by molar-refractivity contribution is 6.30. The van der Waals surface area contributed by atoms with E-state index in [0.717, 1.165) is 30.8 Å². The number of methoxy groups -OCH3 is 1. The lowest BCUT2D eigenvalue weighted by Gasteiger charge is -2.38. The third kappa shape index (κ3) is 12.2. The predicted molar refractivity (Wildman–Crippen MR) is 305 cm³/mol. The Morgan fingerprint density at radius 3 is 2.24 bits per heavy atom. The molecule has 0 aliphatic carbocycles. The number of phenols is 2. The average Bonchev–Trinajstić information content (AvgIpc) is 1.39. The van der Waals surface area contributed by atoms with Crippen molar-refractivity contribution in [2.45, 2.75) is 92.5 Å². The molecule has 448 valence electrons. The molecule has 0 saturated carbocycles. The van der Waals surface area contributed by atoms with E-state index in [1.807, 2.05) is 4.90 Å². The Labute approximate surface area is 480 Å². The van der Waals surface area contributed by atoms with Crippen molar-refractivity contribution in [3.05, 3.63) is 103 Å². The molecule has 1 aromatic heterocycles. The van der Waals surface area contributed by atoms with E-state index >= 15 is 4.79 Å². The molecule has 1 amide bonds. The molecule has 0 spiro atoms. The Morgan fingerprint density at radius 1 is 0.893 bits per heavy atom. The predicted octanol–water partition coefficient (Wildman–Crippen LogP) is 4.87. The molecule has 4 aliphatic heterocycles. The molecule has 5 aromatic rings. The van der Waals surface area contributed by atoms with Gasteiger partial charge in [-0.05, 0) is 31.1 Å². The molecular formula is C60H68N4O20. The number of aromatic hydroxyl groups is 2. The number of carboxylic acid groups (broad SMARTS) is 1. The Morgan fingerprint density at radius 2 is 1.60 bits per heavy atom. The topological polar surface area (TPSA) is 341 Å². The van der Waals surface area contributed by atoms with Crippen LogP contribution in [0.25, 0.3) is 38.7 Å². The normalized spacial score (nSPS) is 25.9. The number of rotatable bonds is 9. The van der Waals surface area contributed by atoms with Crippen molar-refractivity contribution in [3.8, 4) is 23.0 Å². The van der Waals surface area contributed by atoms with Gasteiger partial charge in [0.2, 0.25) is 10.9 Å². The number of allylic oxidation sites excluding steroid dienone is 2. The summed E-state index contributed by atoms with van der Waals surface area (Å²) in [5.41, 5.74) is -4.09. The molecule has 5 bridgehead atoms. The van der Waals surface area contributed by atoms with Crippen molar-refractivity contribution in [3.63, 3.8) is 0 Å². The summed E-state index contributed by atoms with van der Waals surface area (Å²) in [6.45, 7) is 17.1. The lowest BCUT2D eigenvalue weighted by atomic mass is 9.78. The van der Waals surface area contributed by atoms with Gasteiger partial charge < -0.3 is 73.7 Å². The third-order valence-electron chi connectivity index (χ3n) is 15.6. The van der Waals surface area contributed by atoms with Gasteiger partial charge in [0.1, 0.15) is 52.5 Å². The Hall–Kier alpha value is -8.58. The second-order valence-corrected chi connectivity index (χ2v) is 22.0. The van der Waals surface area contributed by atoms with Crippen LogP contribution in [0.2, 0.25) is 0 Å². The number of amides is 1. The first-order chi connectivity index (χ1) is 39.6. The average molecular weight is 1170 g/mol. The van der Waals surface area contributed by atoms with Gasteiger partial charge in [-0.1, -0.05) is 59.8 Å². The maximum Gasteiger partial charge on any atom is 0.422 e. The molecule has 0 radical (unpaired) electrons. The van der Waals surface area contributed by atoms with Crippen molar-refractivity contribution in [2.75, 3.05) is 56.7 Å². The van der Waals surface area contributed by atoms with E-state index in [2.05, 4.69) is 24.1 Å². The lowest BCUT2D eigenvalue weighted by Crippen LogP contribution is -2.47. The summed E-state index contributed by atoms with van der Waals surface area (Å²) in [7, 11) is 1.39. The van der Waals surface area contributed by atoms with Gasteiger partial charge in [0, 0.05) is 112 Å². The van der Waals surface area contributed by atoms with Gasteiger partial charge in [0.05, 0.1) is 40.8 Å². The molecule has 24 heteroatoms. The molecule has 9 unspecified atom stereocenters. The first-order valence-corrected chi connectivity index (χ1v) is 27.2. The minimum Gasteiger partial charge on any atom is -0.507 e. The monoisotopic (exact) mass is 1160 g/mol. The summed E-state index contributed by atoms with van der Waals surface area (Å²) in [5, 5.41) is 68.9. The number of aromatic carboxylic acids is 1. The standard InChI is InChI=1S/C60H68N4O20/c1-27(2)25-63-17-19-64(20-18-63)35-22-39(67)45-41(23-35)83-54-46(61-45)42-43-50(70)32(7)53-44(42)55(72)60(9,84-53)80-21-16-40(78-10)29(4)52(81-33(8)65)31(6)49(69)30(5)48(68)28(3)12-11-13-34(56(73)62-47(54)51(43)71)26-79-58(76)59(77)82-36-14-15-37(57(74)75)38(66)24-36/h11-16,21-24,27-31,40,48-49,52,66,68-70,72H,17-20,25-26H2,1-10H3,(H,62,73)(H,74,75)/b12-11+,21-16+,34-13-. The molecule has 84 heavy (non-hydrogen) atoms. The van der Waals surface area contributed by atoms with Crippen LogP contribution in [-0.4, -0.2) is 147 Å². The van der Waals surface area contributed by atoms with E-state index < -0.39 is 152 Å². The third-order valence-corrected chi connectivity index (χ3v) is 15.6. The summed E-state index contributed by atoms with van der Waals surface area (Å²) in [6, 6.07) is 5.65. The van der Waals surface area contributed by atoms with E-state index in [1.54, 1.807) is 33.8 Å². The molecule has 4 aliphatic rings. The number of carboxylic acids is 1. The number of fused-ring (bicyclic) bond motifs is 14. The fourth-order valence-corrected chi connectivity index (χ4v) is 10.9. The maximum atomic E-state index is 15.3. The van der Waals surface area contributed by atoms with Crippen LogP contribution in [0.3, 0.4) is 0 Å². The lowest BCUT2D eigenvalue weighted by molar-refractivity contribution is -0.161. The molecule has 1 fully saturated rings. The van der Waals surface area contributed by atoms with Gasteiger partial charge in [-0.15, -0.1) is 0 Å². The van der Waals surface area contributed by atoms with Crippen molar-refractivity contribution in [2.24, 2.45) is 29.6 Å². The van der Waals surface area contributed by atoms with E-state index in [-0.39, 0.29) is 38.5 Å². The van der Waals surface area contributed by atoms with Crippen LogP contribution in [0.1, 0.15) is 71.3 Å². The van der Waals surface area contributed by atoms with E-state index in [1.165, 1.54) is 58.4 Å². The molecule has 7 N–H and O–H groups in total. The number of piperazine rings is 1. The largest absolute Gasteiger partial charge is 0.507 e. The number of benzene rings is 4. The fourth-order valence-electron chi connectivity index (χ4n) is 10.9. The van der Waals surface area contributed by atoms with E-state index in [9.17, 15) is 59.4 Å². The van der Waals surface area contributed by atoms with Crippen LogP contribution < -0.4 is 35.8 Å². The highest BCUT2D eigenvalue weighted by Gasteiger charge is 2.44. The number of ether oxygens (including phenoxy) is 6. The van der Waals surface area contributed by atoms with Gasteiger partial charge in [-0.3, -0.25) is 24.1 Å². The first-order valence-electron chi connectivity index (χ1n) is 27.2. The van der Waals surface area contributed by atoms with E-state index in [4.69, 9.17) is 37.8 Å². The Kier molecular flexibility index (Phi) is 18.1. The molecule has 1 saturated heterocycles. The fraction of sp³-hybridized carbons (Fsp3) is 0.433. The van der Waals surface area contributed by atoms with Gasteiger partial charge in [0.15, 0.2) is 22.4 Å². The number of nitrogens with one attached hydrogen (secondary N) is 1. The number of hydrogen-bond donors (Lipinski definition) is 7. The quantitative estimate of drug-likeness (QED) is 0.0340. The SMILES string of the molecule is COC1/C=C/OC2(C)Oc3c(C)c(O)c4c(=O)c(c5oc6cc(N7CCN(CC(C)C)CC7)cc(=O)c6nc5c4c3=C2O)NC(=O)/C(COC(=O)C(=O)Oc2ccc(C(=O)O)c(O)c2)=C\C=C\C(C)C(O)C(C)C(O)C(C)C(OC(C)=O)C1C. The second kappa shape index (κ2) is 24.7. The van der Waals surface area contributed by atoms with Crippen LogP contribution in [0.15, 0.2) is 80.5 Å². The van der Waals surface area contributed by atoms with Crippen molar-refractivity contribution in [1.82, 2.24) is 9.88 Å². The zero-order valence-corrected chi connectivity index (χ0v) is 48.0. The van der Waals surface area contributed by atoms with Gasteiger partial charge in [0.25, 0.3) is 5.91 Å². The summed E-state index contributed by atoms with van der Waals surface area (Å²) in [6.07, 6.45) is 1.97. The first kappa shape index (κ1) is 61.5. The molecule has 4 aromatic carbocycles. The van der Waals surface area contributed by atoms with Crippen molar-refractivity contribution < 1.29 is 87.5 Å². The molecule has 9 rings (SSSR count). The number of hydrogen-bond acceptors (Lipinski definition) is 22. The van der Waals surface area contributed by atoms with Crippen LogP contribution in [0.5, 0.6) is 23.0 Å². The Bertz CT molecular complexity index is 3730. The zero-order chi connectivity index (χ0) is 61.4. The molecule has 24 nitrogen and oxygen atoms in total. The van der Waals surface area contributed by atoms with Crippen LogP contribution in [0, 0.1) is 36.5 Å². The molecular weight excluding hydrogens is 1100 g/mol. The van der Waals surface area contributed by atoms with Crippen LogP contribution in [-0.2, 0) is 38.1 Å². The summed E-state index contributed by atoms with van der Waals surface area (Å²) in [5.74, 6) is -14.3. The van der Waals surface area contributed by atoms with Crippen molar-refractivity contribution in [1.29, 1.82) is 0 Å². The minimum atomic E-state index is -2.11. The number of carbonyl (C=O) groups excluding carboxylic acids is 4. The van der Waals surface area contributed by atoms with Gasteiger partial charge in [-0.25, -0.2) is 19.4 Å². The number of phenolic OH excluding ortho intramolecular Hbond substituents is 1. The highest BCUT2D eigenvalue weighted by Crippen LogP contribution is 2.42. The van der Waals surface area contributed by atoms with Gasteiger partial charge in [-0.2, -0.15) is 0 Å². The number of carbonyl (C=O) groups is 5.